The largest absolute Gasteiger partial charge is 0.497 e. The van der Waals surface area contributed by atoms with Gasteiger partial charge in [0.25, 0.3) is 0 Å². The fourth-order valence-electron chi connectivity index (χ4n) is 2.45. The predicted molar refractivity (Wildman–Crippen MR) is 119 cm³/mol. The van der Waals surface area contributed by atoms with Crippen LogP contribution in [0.25, 0.3) is 11.6 Å². The van der Waals surface area contributed by atoms with E-state index in [-0.39, 0.29) is 24.0 Å². The Balaban J connectivity index is 0.00000280. The van der Waals surface area contributed by atoms with E-state index in [4.69, 9.17) is 20.8 Å². The van der Waals surface area contributed by atoms with Gasteiger partial charge in [0.15, 0.2) is 11.7 Å². The van der Waals surface area contributed by atoms with Gasteiger partial charge >= 0.3 is 0 Å². The van der Waals surface area contributed by atoms with Gasteiger partial charge in [0.2, 0.25) is 5.82 Å². The van der Waals surface area contributed by atoms with E-state index < -0.39 is 0 Å². The average Bonchev–Trinajstić information content (AvgIpc) is 3.37. The Morgan fingerprint density at radius 1 is 1.32 bits per heavy atom. The third-order valence-electron chi connectivity index (χ3n) is 3.87. The molecule has 0 fully saturated rings. The van der Waals surface area contributed by atoms with Crippen LogP contribution in [0.1, 0.15) is 11.4 Å². The zero-order valence-electron chi connectivity index (χ0n) is 15.5. The molecule has 0 saturated heterocycles. The molecular formula is C18H22ClIN6O2. The van der Waals surface area contributed by atoms with Crippen LogP contribution in [-0.4, -0.2) is 41.8 Å². The van der Waals surface area contributed by atoms with Crippen LogP contribution in [0.4, 0.5) is 0 Å². The summed E-state index contributed by atoms with van der Waals surface area (Å²) >= 11 is 6.26. The molecule has 150 valence electrons. The molecule has 0 amide bonds. The second-order valence-corrected chi connectivity index (χ2v) is 6.05. The Bertz CT molecular complexity index is 897. The third-order valence-corrected chi connectivity index (χ3v) is 4.22. The predicted octanol–water partition coefficient (Wildman–Crippen LogP) is 3.25. The first kappa shape index (κ1) is 22.0. The van der Waals surface area contributed by atoms with Gasteiger partial charge in [-0.05, 0) is 36.2 Å². The number of methoxy groups -OCH3 is 1. The topological polar surface area (TPSA) is 100 Å². The summed E-state index contributed by atoms with van der Waals surface area (Å²) in [5, 5.41) is 14.1. The first-order valence-corrected chi connectivity index (χ1v) is 8.79. The van der Waals surface area contributed by atoms with Crippen LogP contribution in [0.5, 0.6) is 5.75 Å². The maximum atomic E-state index is 6.26. The summed E-state index contributed by atoms with van der Waals surface area (Å²) in [6.07, 6.45) is 2.35. The number of furan rings is 1. The lowest BCUT2D eigenvalue weighted by Crippen LogP contribution is -2.38. The van der Waals surface area contributed by atoms with Crippen molar-refractivity contribution in [3.05, 3.63) is 53.0 Å². The lowest BCUT2D eigenvalue weighted by molar-refractivity contribution is 0.414. The van der Waals surface area contributed by atoms with Crippen molar-refractivity contribution < 1.29 is 9.15 Å². The minimum Gasteiger partial charge on any atom is -0.497 e. The summed E-state index contributed by atoms with van der Waals surface area (Å²) < 4.78 is 10.4. The molecule has 0 unspecified atom stereocenters. The van der Waals surface area contributed by atoms with Gasteiger partial charge < -0.3 is 19.8 Å². The number of aliphatic imine (C=N–C) groups is 1. The van der Waals surface area contributed by atoms with Gasteiger partial charge in [0, 0.05) is 18.6 Å². The summed E-state index contributed by atoms with van der Waals surface area (Å²) in [5.74, 6) is 3.23. The van der Waals surface area contributed by atoms with E-state index in [0.29, 0.717) is 41.5 Å². The molecule has 0 aliphatic heterocycles. The van der Waals surface area contributed by atoms with Gasteiger partial charge in [0.1, 0.15) is 11.6 Å². The van der Waals surface area contributed by atoms with E-state index >= 15 is 0 Å². The summed E-state index contributed by atoms with van der Waals surface area (Å²) in [6, 6.07) is 9.28. The fraction of sp³-hybridized carbons (Fsp3) is 0.278. The normalized spacial score (nSPS) is 11.0. The number of aromatic nitrogens is 3. The van der Waals surface area contributed by atoms with Crippen LogP contribution in [0.3, 0.4) is 0 Å². The fourth-order valence-corrected chi connectivity index (χ4v) is 2.72. The highest BCUT2D eigenvalue weighted by Gasteiger charge is 2.09. The number of aromatic amines is 1. The van der Waals surface area contributed by atoms with Crippen molar-refractivity contribution in [3.63, 3.8) is 0 Å². The highest BCUT2D eigenvalue weighted by Crippen LogP contribution is 2.22. The van der Waals surface area contributed by atoms with Gasteiger partial charge in [-0.1, -0.05) is 17.7 Å². The maximum Gasteiger partial charge on any atom is 0.216 e. The number of hydrogen-bond donors (Lipinski definition) is 3. The molecule has 10 heteroatoms. The molecule has 2 aromatic heterocycles. The molecule has 3 rings (SSSR count). The van der Waals surface area contributed by atoms with Crippen molar-refractivity contribution in [2.75, 3.05) is 20.7 Å². The van der Waals surface area contributed by atoms with Crippen molar-refractivity contribution >= 4 is 41.5 Å². The molecule has 0 saturated carbocycles. The Morgan fingerprint density at radius 2 is 2.18 bits per heavy atom. The monoisotopic (exact) mass is 516 g/mol. The second-order valence-electron chi connectivity index (χ2n) is 5.64. The smallest absolute Gasteiger partial charge is 0.216 e. The molecule has 0 atom stereocenters. The van der Waals surface area contributed by atoms with Crippen LogP contribution in [0.2, 0.25) is 5.02 Å². The molecule has 3 N–H and O–H groups in total. The second kappa shape index (κ2) is 10.9. The van der Waals surface area contributed by atoms with Crippen molar-refractivity contribution in [3.8, 4) is 17.3 Å². The molecule has 1 aromatic carbocycles. The van der Waals surface area contributed by atoms with E-state index in [1.54, 1.807) is 26.5 Å². The molecule has 0 bridgehead atoms. The highest BCUT2D eigenvalue weighted by molar-refractivity contribution is 14.0. The van der Waals surface area contributed by atoms with E-state index in [1.807, 2.05) is 24.3 Å². The number of guanidine groups is 1. The summed E-state index contributed by atoms with van der Waals surface area (Å²) in [5.41, 5.74) is 1.04. The average molecular weight is 517 g/mol. The maximum absolute atomic E-state index is 6.26. The van der Waals surface area contributed by atoms with Crippen LogP contribution >= 0.6 is 35.6 Å². The van der Waals surface area contributed by atoms with Gasteiger partial charge in [-0.2, -0.15) is 0 Å². The minimum atomic E-state index is 0. The van der Waals surface area contributed by atoms with Gasteiger partial charge in [-0.3, -0.25) is 10.1 Å². The zero-order chi connectivity index (χ0) is 19.1. The lowest BCUT2D eigenvalue weighted by Gasteiger charge is -2.11. The molecule has 0 spiro atoms. The van der Waals surface area contributed by atoms with Crippen LogP contribution in [0.15, 0.2) is 46.0 Å². The molecule has 3 aromatic rings. The summed E-state index contributed by atoms with van der Waals surface area (Å²) in [4.78, 5) is 8.58. The molecule has 2 heterocycles. The number of H-pyrrole nitrogens is 1. The standard InChI is InChI=1S/C18H21ClN6O2.HI/c1-20-18(21-8-7-12-5-6-13(26-2)10-14(12)19)22-11-16-23-17(25-24-16)15-4-3-9-27-15;/h3-6,9-10H,7-8,11H2,1-2H3,(H2,20,21,22)(H,23,24,25);1H. The number of ether oxygens (including phenoxy) is 1. The van der Waals surface area contributed by atoms with Crippen LogP contribution in [0, 0.1) is 0 Å². The molecular weight excluding hydrogens is 495 g/mol. The van der Waals surface area contributed by atoms with E-state index in [2.05, 4.69) is 30.8 Å². The first-order valence-electron chi connectivity index (χ1n) is 8.41. The minimum absolute atomic E-state index is 0. The van der Waals surface area contributed by atoms with E-state index in [1.165, 1.54) is 0 Å². The highest BCUT2D eigenvalue weighted by atomic mass is 127. The Kier molecular flexibility index (Phi) is 8.58. The van der Waals surface area contributed by atoms with Crippen molar-refractivity contribution in [1.29, 1.82) is 0 Å². The van der Waals surface area contributed by atoms with Gasteiger partial charge in [-0.15, -0.1) is 29.1 Å². The number of rotatable bonds is 7. The molecule has 28 heavy (non-hydrogen) atoms. The van der Waals surface area contributed by atoms with Crippen molar-refractivity contribution in [2.24, 2.45) is 4.99 Å². The number of nitrogens with zero attached hydrogens (tertiary/aromatic N) is 3. The van der Waals surface area contributed by atoms with E-state index in [0.717, 1.165) is 17.7 Å². The SMILES string of the molecule is CN=C(NCCc1ccc(OC)cc1Cl)NCc1nc(-c2ccco2)n[nH]1.I. The Morgan fingerprint density at radius 3 is 2.86 bits per heavy atom. The van der Waals surface area contributed by atoms with Crippen LogP contribution in [-0.2, 0) is 13.0 Å². The summed E-state index contributed by atoms with van der Waals surface area (Å²) in [7, 11) is 3.33. The summed E-state index contributed by atoms with van der Waals surface area (Å²) in [6.45, 7) is 1.14. The van der Waals surface area contributed by atoms with Crippen LogP contribution < -0.4 is 15.4 Å². The third kappa shape index (κ3) is 5.86. The zero-order valence-corrected chi connectivity index (χ0v) is 18.6. The molecule has 0 aliphatic rings. The first-order chi connectivity index (χ1) is 13.2. The quantitative estimate of drug-likeness (QED) is 0.253. The number of halogens is 2. The van der Waals surface area contributed by atoms with Crippen molar-refractivity contribution in [1.82, 2.24) is 25.8 Å². The number of nitrogens with one attached hydrogen (secondary N) is 3. The molecule has 0 aliphatic carbocycles. The lowest BCUT2D eigenvalue weighted by atomic mass is 10.1. The molecule has 8 nitrogen and oxygen atoms in total. The number of benzene rings is 1. The van der Waals surface area contributed by atoms with E-state index in [9.17, 15) is 0 Å². The van der Waals surface area contributed by atoms with Crippen molar-refractivity contribution in [2.45, 2.75) is 13.0 Å². The van der Waals surface area contributed by atoms with Gasteiger partial charge in [-0.25, -0.2) is 4.98 Å². The number of hydrogen-bond acceptors (Lipinski definition) is 5. The van der Waals surface area contributed by atoms with Gasteiger partial charge in [0.05, 0.1) is 19.9 Å². The Hall–Kier alpha value is -2.27. The Labute approximate surface area is 185 Å². The molecule has 0 radical (unpaired) electrons.